The van der Waals surface area contributed by atoms with Gasteiger partial charge in [-0.15, -0.1) is 0 Å². The van der Waals surface area contributed by atoms with E-state index < -0.39 is 5.41 Å². The number of hydrogen-bond acceptors (Lipinski definition) is 4. The molecule has 0 aliphatic rings. The first-order valence-corrected chi connectivity index (χ1v) is 9.10. The minimum absolute atomic E-state index is 0.0568. The van der Waals surface area contributed by atoms with E-state index in [4.69, 9.17) is 9.84 Å². The van der Waals surface area contributed by atoms with E-state index in [9.17, 15) is 9.59 Å². The molecule has 3 N–H and O–H groups in total. The maximum Gasteiger partial charge on any atom is 0.272 e. The highest BCUT2D eigenvalue weighted by Crippen LogP contribution is 2.25. The number of benzene rings is 2. The summed E-state index contributed by atoms with van der Waals surface area (Å²) < 4.78 is 5.35. The predicted octanol–water partition coefficient (Wildman–Crippen LogP) is 4.02. The summed E-state index contributed by atoms with van der Waals surface area (Å²) in [7, 11) is 0. The number of rotatable bonds is 6. The maximum atomic E-state index is 12.6. The Hall–Kier alpha value is -3.12. The van der Waals surface area contributed by atoms with Crippen molar-refractivity contribution in [3.63, 3.8) is 0 Å². The number of anilines is 1. The summed E-state index contributed by atoms with van der Waals surface area (Å²) in [6.07, 6.45) is 0. The second-order valence-corrected chi connectivity index (χ2v) is 7.62. The number of aromatic amines is 1. The van der Waals surface area contributed by atoms with Crippen molar-refractivity contribution >= 4 is 28.3 Å². The average molecular weight is 380 g/mol. The van der Waals surface area contributed by atoms with Crippen molar-refractivity contribution < 1.29 is 19.4 Å². The molecule has 3 aromatic rings. The van der Waals surface area contributed by atoms with Crippen LogP contribution in [0.15, 0.2) is 48.5 Å². The summed E-state index contributed by atoms with van der Waals surface area (Å²) in [5.41, 5.74) is 1.93. The van der Waals surface area contributed by atoms with E-state index in [1.165, 1.54) is 0 Å². The van der Waals surface area contributed by atoms with Gasteiger partial charge in [0, 0.05) is 33.6 Å². The molecular weight excluding hydrogens is 356 g/mol. The van der Waals surface area contributed by atoms with Crippen LogP contribution in [0, 0.1) is 5.41 Å². The van der Waals surface area contributed by atoms with E-state index in [1.54, 1.807) is 42.5 Å². The fourth-order valence-corrected chi connectivity index (χ4v) is 2.85. The molecule has 0 fully saturated rings. The van der Waals surface area contributed by atoms with Crippen LogP contribution in [0.2, 0.25) is 0 Å². The van der Waals surface area contributed by atoms with Crippen molar-refractivity contribution in [2.24, 2.45) is 5.41 Å². The Morgan fingerprint density at radius 3 is 2.61 bits per heavy atom. The molecule has 0 saturated carbocycles. The zero-order valence-electron chi connectivity index (χ0n) is 16.2. The summed E-state index contributed by atoms with van der Waals surface area (Å²) >= 11 is 0. The molecule has 6 nitrogen and oxygen atoms in total. The summed E-state index contributed by atoms with van der Waals surface area (Å²) in [5, 5.41) is 12.5. The van der Waals surface area contributed by atoms with E-state index in [2.05, 4.69) is 10.3 Å². The van der Waals surface area contributed by atoms with Gasteiger partial charge in [0.2, 0.25) is 0 Å². The standard InChI is InChI=1S/C22H24N2O4/c1-22(2,3)20(26)14-7-8-18-15(11-14)12-19(24-18)21(27)23-16-5-4-6-17(13-16)28-10-9-25/h4-8,11-13,24-25H,9-10H2,1-3H3,(H,23,27). The molecule has 0 spiro atoms. The topological polar surface area (TPSA) is 91.4 Å². The molecule has 0 aliphatic heterocycles. The van der Waals surface area contributed by atoms with Crippen LogP contribution in [-0.4, -0.2) is 35.0 Å². The van der Waals surface area contributed by atoms with Crippen molar-refractivity contribution in [2.45, 2.75) is 20.8 Å². The number of hydrogen-bond donors (Lipinski definition) is 3. The lowest BCUT2D eigenvalue weighted by Gasteiger charge is -2.16. The van der Waals surface area contributed by atoms with Crippen molar-refractivity contribution in [1.82, 2.24) is 4.98 Å². The molecule has 0 radical (unpaired) electrons. The van der Waals surface area contributed by atoms with Crippen LogP contribution in [0.4, 0.5) is 5.69 Å². The van der Waals surface area contributed by atoms with E-state index in [1.807, 2.05) is 26.8 Å². The Bertz CT molecular complexity index is 1010. The molecule has 0 unspecified atom stereocenters. The Morgan fingerprint density at radius 2 is 1.89 bits per heavy atom. The molecule has 0 bridgehead atoms. The fourth-order valence-electron chi connectivity index (χ4n) is 2.85. The second kappa shape index (κ2) is 7.86. The Morgan fingerprint density at radius 1 is 1.11 bits per heavy atom. The Labute approximate surface area is 163 Å². The number of nitrogens with one attached hydrogen (secondary N) is 2. The van der Waals surface area contributed by atoms with Crippen LogP contribution >= 0.6 is 0 Å². The Balaban J connectivity index is 1.80. The number of aromatic nitrogens is 1. The molecule has 1 aromatic heterocycles. The van der Waals surface area contributed by atoms with Gasteiger partial charge >= 0.3 is 0 Å². The second-order valence-electron chi connectivity index (χ2n) is 7.62. The van der Waals surface area contributed by atoms with Crippen LogP contribution in [0.25, 0.3) is 10.9 Å². The highest BCUT2D eigenvalue weighted by atomic mass is 16.5. The summed E-state index contributed by atoms with van der Waals surface area (Å²) in [4.78, 5) is 28.2. The SMILES string of the molecule is CC(C)(C)C(=O)c1ccc2[nH]c(C(=O)Nc3cccc(OCCO)c3)cc2c1. The quantitative estimate of drug-likeness (QED) is 0.563. The van der Waals surface area contributed by atoms with E-state index in [0.717, 1.165) is 10.9 Å². The van der Waals surface area contributed by atoms with Gasteiger partial charge in [-0.25, -0.2) is 0 Å². The number of aliphatic hydroxyl groups excluding tert-OH is 1. The van der Waals surface area contributed by atoms with Crippen molar-refractivity contribution in [3.05, 3.63) is 59.8 Å². The molecule has 0 aliphatic carbocycles. The third kappa shape index (κ3) is 4.40. The third-order valence-corrected chi connectivity index (χ3v) is 4.26. The average Bonchev–Trinajstić information content (AvgIpc) is 3.08. The molecule has 3 rings (SSSR count). The first-order valence-electron chi connectivity index (χ1n) is 9.10. The molecule has 146 valence electrons. The van der Waals surface area contributed by atoms with Crippen LogP contribution in [0.3, 0.4) is 0 Å². The third-order valence-electron chi connectivity index (χ3n) is 4.26. The lowest BCUT2D eigenvalue weighted by Crippen LogP contribution is -2.19. The highest BCUT2D eigenvalue weighted by Gasteiger charge is 2.23. The molecule has 0 saturated heterocycles. The molecular formula is C22H24N2O4. The van der Waals surface area contributed by atoms with Gasteiger partial charge in [0.05, 0.1) is 6.61 Å². The first kappa shape index (κ1) is 19.6. The molecule has 28 heavy (non-hydrogen) atoms. The smallest absolute Gasteiger partial charge is 0.272 e. The number of H-pyrrole nitrogens is 1. The van der Waals surface area contributed by atoms with Gasteiger partial charge < -0.3 is 20.1 Å². The number of carbonyl (C=O) groups is 2. The molecule has 6 heteroatoms. The van der Waals surface area contributed by atoms with Crippen molar-refractivity contribution in [3.8, 4) is 5.75 Å². The van der Waals surface area contributed by atoms with Gasteiger partial charge in [-0.2, -0.15) is 0 Å². The van der Waals surface area contributed by atoms with Gasteiger partial charge in [0.25, 0.3) is 5.91 Å². The number of Topliss-reactive ketones (excluding diaryl/α,β-unsaturated/α-hetero) is 1. The van der Waals surface area contributed by atoms with Gasteiger partial charge in [0.1, 0.15) is 18.1 Å². The zero-order chi connectivity index (χ0) is 20.3. The fraction of sp³-hybridized carbons (Fsp3) is 0.273. The summed E-state index contributed by atoms with van der Waals surface area (Å²) in [6, 6.07) is 14.1. The molecule has 1 heterocycles. The highest BCUT2D eigenvalue weighted by molar-refractivity contribution is 6.07. The molecule has 2 aromatic carbocycles. The normalized spacial score (nSPS) is 11.4. The number of aliphatic hydroxyl groups is 1. The largest absolute Gasteiger partial charge is 0.491 e. The first-order chi connectivity index (χ1) is 13.3. The summed E-state index contributed by atoms with van der Waals surface area (Å²) in [6.45, 7) is 5.76. The van der Waals surface area contributed by atoms with E-state index >= 15 is 0 Å². The minimum atomic E-state index is -0.465. The Kier molecular flexibility index (Phi) is 5.51. The summed E-state index contributed by atoms with van der Waals surface area (Å²) in [5.74, 6) is 0.328. The van der Waals surface area contributed by atoms with Gasteiger partial charge in [-0.05, 0) is 36.4 Å². The number of fused-ring (bicyclic) bond motifs is 1. The molecule has 0 atom stereocenters. The van der Waals surface area contributed by atoms with Crippen LogP contribution in [-0.2, 0) is 0 Å². The van der Waals surface area contributed by atoms with Crippen molar-refractivity contribution in [2.75, 3.05) is 18.5 Å². The number of ketones is 1. The number of amides is 1. The number of ether oxygens (including phenoxy) is 1. The van der Waals surface area contributed by atoms with Gasteiger partial charge in [-0.1, -0.05) is 26.8 Å². The number of carbonyl (C=O) groups excluding carboxylic acids is 2. The van der Waals surface area contributed by atoms with E-state index in [0.29, 0.717) is 22.7 Å². The monoisotopic (exact) mass is 380 g/mol. The minimum Gasteiger partial charge on any atom is -0.491 e. The van der Waals surface area contributed by atoms with Gasteiger partial charge in [-0.3, -0.25) is 9.59 Å². The predicted molar refractivity (Wildman–Crippen MR) is 109 cm³/mol. The lowest BCUT2D eigenvalue weighted by atomic mass is 9.86. The van der Waals surface area contributed by atoms with Crippen molar-refractivity contribution in [1.29, 1.82) is 0 Å². The molecule has 1 amide bonds. The van der Waals surface area contributed by atoms with Crippen LogP contribution in [0.5, 0.6) is 5.75 Å². The maximum absolute atomic E-state index is 12.6. The lowest BCUT2D eigenvalue weighted by molar-refractivity contribution is 0.0858. The van der Waals surface area contributed by atoms with Crippen LogP contribution < -0.4 is 10.1 Å². The van der Waals surface area contributed by atoms with Crippen LogP contribution in [0.1, 0.15) is 41.6 Å². The van der Waals surface area contributed by atoms with Gasteiger partial charge in [0.15, 0.2) is 5.78 Å². The van der Waals surface area contributed by atoms with E-state index in [-0.39, 0.29) is 24.9 Å². The zero-order valence-corrected chi connectivity index (χ0v) is 16.2.